The molecule has 0 saturated carbocycles. The van der Waals surface area contributed by atoms with Crippen LogP contribution in [0.2, 0.25) is 0 Å². The lowest BCUT2D eigenvalue weighted by Crippen LogP contribution is -2.17. The fraction of sp³-hybridized carbons (Fsp3) is 0.129. The Morgan fingerprint density at radius 2 is 1.33 bits per heavy atom. The van der Waals surface area contributed by atoms with Crippen LogP contribution in [0.1, 0.15) is 11.1 Å². The summed E-state index contributed by atoms with van der Waals surface area (Å²) in [7, 11) is 3.37. The quantitative estimate of drug-likeness (QED) is 0.261. The largest absolute Gasteiger partial charge is 0.493 e. The van der Waals surface area contributed by atoms with Crippen molar-refractivity contribution >= 4 is 10.8 Å². The van der Waals surface area contributed by atoms with E-state index < -0.39 is 0 Å². The van der Waals surface area contributed by atoms with Crippen molar-refractivity contribution in [1.82, 2.24) is 4.57 Å². The van der Waals surface area contributed by atoms with Gasteiger partial charge in [0.1, 0.15) is 19.0 Å². The van der Waals surface area contributed by atoms with Crippen molar-refractivity contribution in [2.75, 3.05) is 7.11 Å². The summed E-state index contributed by atoms with van der Waals surface area (Å²) in [6.07, 6.45) is 1.85. The first kappa shape index (κ1) is 23.2. The zero-order valence-electron chi connectivity index (χ0n) is 20.3. The molecule has 0 aliphatic carbocycles. The highest BCUT2D eigenvalue weighted by molar-refractivity contribution is 6.01. The zero-order chi connectivity index (χ0) is 24.9. The van der Waals surface area contributed by atoms with Crippen LogP contribution in [0.15, 0.2) is 108 Å². The Balaban J connectivity index is 1.54. The van der Waals surface area contributed by atoms with Crippen molar-refractivity contribution < 1.29 is 14.2 Å². The van der Waals surface area contributed by atoms with Gasteiger partial charge in [-0.25, -0.2) is 0 Å². The van der Waals surface area contributed by atoms with Crippen LogP contribution in [0.4, 0.5) is 0 Å². The summed E-state index contributed by atoms with van der Waals surface area (Å²) in [6, 6.07) is 31.5. The molecular weight excluding hydrogens is 450 g/mol. The molecule has 0 bridgehead atoms. The molecule has 1 heterocycles. The van der Waals surface area contributed by atoms with Crippen LogP contribution in [0.3, 0.4) is 0 Å². The van der Waals surface area contributed by atoms with E-state index in [1.165, 1.54) is 0 Å². The number of ether oxygens (including phenoxy) is 3. The second-order valence-electron chi connectivity index (χ2n) is 8.55. The molecule has 5 rings (SSSR count). The zero-order valence-corrected chi connectivity index (χ0v) is 20.3. The lowest BCUT2D eigenvalue weighted by Gasteiger charge is -2.17. The molecule has 0 unspecified atom stereocenters. The third kappa shape index (κ3) is 4.82. The third-order valence-electron chi connectivity index (χ3n) is 6.12. The smallest absolute Gasteiger partial charge is 0.258 e. The molecule has 0 N–H and O–H groups in total. The van der Waals surface area contributed by atoms with E-state index in [0.717, 1.165) is 33.4 Å². The minimum atomic E-state index is -0.0937. The van der Waals surface area contributed by atoms with Crippen molar-refractivity contribution in [2.24, 2.45) is 7.05 Å². The van der Waals surface area contributed by atoms with Crippen molar-refractivity contribution in [3.05, 3.63) is 125 Å². The van der Waals surface area contributed by atoms with Gasteiger partial charge in [0, 0.05) is 24.2 Å². The van der Waals surface area contributed by atoms with Crippen LogP contribution in [-0.2, 0) is 20.3 Å². The number of pyridine rings is 1. The molecule has 1 aromatic heterocycles. The molecule has 0 spiro atoms. The Morgan fingerprint density at radius 1 is 0.722 bits per heavy atom. The standard InChI is InChI=1S/C31H27NO4/c1-32-19-27(24-13-15-25(16-14-24)35-20-22-9-5-3-6-10-22)29-26(31(32)33)17-18-28(34-2)30(29)36-21-23-11-7-4-8-12-23/h3-19H,20-21H2,1-2H3. The van der Waals surface area contributed by atoms with Crippen LogP contribution < -0.4 is 19.8 Å². The first-order valence-corrected chi connectivity index (χ1v) is 11.8. The first-order chi connectivity index (χ1) is 17.6. The van der Waals surface area contributed by atoms with Gasteiger partial charge < -0.3 is 18.8 Å². The number of aryl methyl sites for hydroxylation is 1. The molecule has 0 atom stereocenters. The minimum Gasteiger partial charge on any atom is -0.493 e. The maximum absolute atomic E-state index is 13.1. The molecule has 0 aliphatic heterocycles. The molecule has 0 fully saturated rings. The molecule has 0 amide bonds. The molecule has 4 aromatic carbocycles. The number of fused-ring (bicyclic) bond motifs is 1. The van der Waals surface area contributed by atoms with Gasteiger partial charge in [-0.1, -0.05) is 72.8 Å². The molecule has 0 aliphatic rings. The lowest BCUT2D eigenvalue weighted by molar-refractivity contribution is 0.288. The minimum absolute atomic E-state index is 0.0937. The third-order valence-corrected chi connectivity index (χ3v) is 6.12. The SMILES string of the molecule is COc1ccc2c(=O)n(C)cc(-c3ccc(OCc4ccccc4)cc3)c2c1OCc1ccccc1. The van der Waals surface area contributed by atoms with Crippen LogP contribution in [-0.4, -0.2) is 11.7 Å². The van der Waals surface area contributed by atoms with Gasteiger partial charge in [0.05, 0.1) is 12.5 Å². The Kier molecular flexibility index (Phi) is 6.72. The molecule has 0 saturated heterocycles. The number of nitrogens with zero attached hydrogens (tertiary/aromatic N) is 1. The summed E-state index contributed by atoms with van der Waals surface area (Å²) >= 11 is 0. The average molecular weight is 478 g/mol. The highest BCUT2D eigenvalue weighted by Gasteiger charge is 2.18. The maximum atomic E-state index is 13.1. The van der Waals surface area contributed by atoms with Crippen molar-refractivity contribution in [3.63, 3.8) is 0 Å². The van der Waals surface area contributed by atoms with Gasteiger partial charge in [0.15, 0.2) is 11.5 Å². The van der Waals surface area contributed by atoms with Crippen molar-refractivity contribution in [1.29, 1.82) is 0 Å². The fourth-order valence-corrected chi connectivity index (χ4v) is 4.24. The number of rotatable bonds is 8. The van der Waals surface area contributed by atoms with Gasteiger partial charge in [-0.2, -0.15) is 0 Å². The summed E-state index contributed by atoms with van der Waals surface area (Å²) < 4.78 is 19.5. The van der Waals surface area contributed by atoms with E-state index in [4.69, 9.17) is 14.2 Å². The van der Waals surface area contributed by atoms with E-state index >= 15 is 0 Å². The van der Waals surface area contributed by atoms with E-state index in [-0.39, 0.29) is 5.56 Å². The second-order valence-corrected chi connectivity index (χ2v) is 8.55. The van der Waals surface area contributed by atoms with Gasteiger partial charge >= 0.3 is 0 Å². The average Bonchev–Trinajstić information content (AvgIpc) is 2.93. The van der Waals surface area contributed by atoms with E-state index in [0.29, 0.717) is 30.1 Å². The Morgan fingerprint density at radius 3 is 1.94 bits per heavy atom. The molecular formula is C31H27NO4. The molecule has 5 nitrogen and oxygen atoms in total. The van der Waals surface area contributed by atoms with Gasteiger partial charge in [-0.15, -0.1) is 0 Å². The topological polar surface area (TPSA) is 49.7 Å². The molecule has 36 heavy (non-hydrogen) atoms. The predicted octanol–water partition coefficient (Wildman–Crippen LogP) is 6.37. The van der Waals surface area contributed by atoms with Crippen molar-refractivity contribution in [3.8, 4) is 28.4 Å². The number of benzene rings is 4. The number of hydrogen-bond acceptors (Lipinski definition) is 4. The van der Waals surface area contributed by atoms with E-state index in [1.54, 1.807) is 30.9 Å². The van der Waals surface area contributed by atoms with Crippen LogP contribution in [0.25, 0.3) is 21.9 Å². The lowest BCUT2D eigenvalue weighted by atomic mass is 9.99. The number of methoxy groups -OCH3 is 1. The predicted molar refractivity (Wildman–Crippen MR) is 143 cm³/mol. The van der Waals surface area contributed by atoms with Gasteiger partial charge in [-0.05, 0) is 41.0 Å². The molecule has 5 heteroatoms. The molecule has 180 valence electrons. The van der Waals surface area contributed by atoms with Gasteiger partial charge in [0.2, 0.25) is 0 Å². The fourth-order valence-electron chi connectivity index (χ4n) is 4.24. The van der Waals surface area contributed by atoms with E-state index in [2.05, 4.69) is 0 Å². The van der Waals surface area contributed by atoms with Gasteiger partial charge in [0.25, 0.3) is 5.56 Å². The Bertz CT molecular complexity index is 1530. The first-order valence-electron chi connectivity index (χ1n) is 11.8. The van der Waals surface area contributed by atoms with Gasteiger partial charge in [-0.3, -0.25) is 4.79 Å². The molecule has 5 aromatic rings. The maximum Gasteiger partial charge on any atom is 0.258 e. The van der Waals surface area contributed by atoms with Crippen LogP contribution >= 0.6 is 0 Å². The number of aromatic nitrogens is 1. The summed E-state index contributed by atoms with van der Waals surface area (Å²) in [5.74, 6) is 1.90. The van der Waals surface area contributed by atoms with Crippen LogP contribution in [0, 0.1) is 0 Å². The van der Waals surface area contributed by atoms with Crippen LogP contribution in [0.5, 0.6) is 17.2 Å². The Hall–Kier alpha value is -4.51. The highest BCUT2D eigenvalue weighted by atomic mass is 16.5. The summed E-state index contributed by atoms with van der Waals surface area (Å²) in [4.78, 5) is 13.1. The van der Waals surface area contributed by atoms with E-state index in [1.807, 2.05) is 91.1 Å². The van der Waals surface area contributed by atoms with E-state index in [9.17, 15) is 4.79 Å². The summed E-state index contributed by atoms with van der Waals surface area (Å²) in [6.45, 7) is 0.856. The normalized spacial score (nSPS) is 10.8. The van der Waals surface area contributed by atoms with Crippen molar-refractivity contribution in [2.45, 2.75) is 13.2 Å². The monoisotopic (exact) mass is 477 g/mol. The Labute approximate surface area is 210 Å². The highest BCUT2D eigenvalue weighted by Crippen LogP contribution is 2.41. The molecule has 0 radical (unpaired) electrons. The summed E-state index contributed by atoms with van der Waals surface area (Å²) in [5, 5.41) is 1.30. The number of hydrogen-bond donors (Lipinski definition) is 0. The second kappa shape index (κ2) is 10.4. The summed E-state index contributed by atoms with van der Waals surface area (Å²) in [5.41, 5.74) is 3.87.